The van der Waals surface area contributed by atoms with Crippen LogP contribution in [0.3, 0.4) is 0 Å². The van der Waals surface area contributed by atoms with Gasteiger partial charge in [0, 0.05) is 34.9 Å². The average Bonchev–Trinajstić information content (AvgIpc) is 3.95. The summed E-state index contributed by atoms with van der Waals surface area (Å²) < 4.78 is 36.8. The van der Waals surface area contributed by atoms with Crippen LogP contribution in [0.25, 0.3) is 0 Å². The molecule has 5 atom stereocenters. The van der Waals surface area contributed by atoms with E-state index in [1.807, 2.05) is 73.7 Å². The Hall–Kier alpha value is -7.13. The first-order chi connectivity index (χ1) is 32.9. The fraction of sp³-hybridized carbons (Fsp3) is 0.259. The van der Waals surface area contributed by atoms with Gasteiger partial charge < -0.3 is 33.2 Å². The van der Waals surface area contributed by atoms with Crippen LogP contribution in [0.15, 0.2) is 140 Å². The summed E-state index contributed by atoms with van der Waals surface area (Å²) in [6.07, 6.45) is 0.280. The van der Waals surface area contributed by atoms with Crippen molar-refractivity contribution in [2.45, 2.75) is 69.1 Å². The minimum absolute atomic E-state index is 0.0387. The van der Waals surface area contributed by atoms with E-state index in [1.54, 1.807) is 105 Å². The third-order valence-electron chi connectivity index (χ3n) is 14.3. The van der Waals surface area contributed by atoms with Crippen LogP contribution in [0.1, 0.15) is 58.0 Å². The number of halogens is 1. The summed E-state index contributed by atoms with van der Waals surface area (Å²) in [5.74, 6) is -0.271. The highest BCUT2D eigenvalue weighted by Crippen LogP contribution is 2.61. The van der Waals surface area contributed by atoms with Crippen molar-refractivity contribution in [3.05, 3.63) is 162 Å². The van der Waals surface area contributed by atoms with Crippen LogP contribution >= 0.6 is 0 Å². The van der Waals surface area contributed by atoms with Crippen LogP contribution in [0.4, 0.5) is 32.5 Å². The van der Waals surface area contributed by atoms with Crippen molar-refractivity contribution in [2.75, 3.05) is 27.9 Å². The molecule has 12 nitrogen and oxygen atoms in total. The number of ether oxygens (including phenoxy) is 3. The third kappa shape index (κ3) is 6.91. The van der Waals surface area contributed by atoms with Gasteiger partial charge in [-0.1, -0.05) is 67.6 Å². The van der Waals surface area contributed by atoms with Crippen molar-refractivity contribution in [3.63, 3.8) is 0 Å². The number of anilines is 5. The molecule has 11 rings (SSSR count). The second kappa shape index (κ2) is 16.6. The zero-order valence-corrected chi connectivity index (χ0v) is 38.8. The highest BCUT2D eigenvalue weighted by atomic mass is 28.4. The van der Waals surface area contributed by atoms with Gasteiger partial charge in [0.05, 0.1) is 59.9 Å². The Labute approximate surface area is 394 Å². The molecule has 1 spiro atoms. The molecule has 1 N–H and O–H groups in total. The van der Waals surface area contributed by atoms with Crippen LogP contribution < -0.4 is 24.2 Å². The number of nitrogens with zero attached hydrogens (tertiary/aromatic N) is 4. The van der Waals surface area contributed by atoms with Gasteiger partial charge in [-0.05, 0) is 110 Å². The molecule has 68 heavy (non-hydrogen) atoms. The first kappa shape index (κ1) is 43.4. The van der Waals surface area contributed by atoms with Crippen molar-refractivity contribution in [1.29, 1.82) is 0 Å². The van der Waals surface area contributed by atoms with E-state index in [4.69, 9.17) is 14.2 Å². The minimum atomic E-state index is -3.71. The van der Waals surface area contributed by atoms with Gasteiger partial charge in [-0.25, -0.2) is 0 Å². The van der Waals surface area contributed by atoms with Gasteiger partial charge in [-0.3, -0.25) is 29.0 Å². The summed E-state index contributed by atoms with van der Waals surface area (Å²) in [5.41, 5.74) is 1.85. The molecule has 2 saturated heterocycles. The minimum Gasteiger partial charge on any atom is -0.454 e. The highest BCUT2D eigenvalue weighted by Gasteiger charge is 2.67. The van der Waals surface area contributed by atoms with E-state index in [-0.39, 0.29) is 43.3 Å². The van der Waals surface area contributed by atoms with Crippen LogP contribution in [0.5, 0.6) is 23.0 Å². The summed E-state index contributed by atoms with van der Waals surface area (Å²) in [6.45, 7) is 5.36. The van der Waals surface area contributed by atoms with Gasteiger partial charge in [-0.2, -0.15) is 0 Å². The fourth-order valence-corrected chi connectivity index (χ4v) is 13.8. The molecule has 0 radical (unpaired) electrons. The van der Waals surface area contributed by atoms with Crippen molar-refractivity contribution in [1.82, 2.24) is 4.90 Å². The predicted molar refractivity (Wildman–Crippen MR) is 257 cm³/mol. The number of fused-ring (bicyclic) bond motifs is 6. The molecule has 2 fully saturated rings. The van der Waals surface area contributed by atoms with Gasteiger partial charge in [0.2, 0.25) is 14.3 Å². The number of para-hydroxylation sites is 6. The van der Waals surface area contributed by atoms with Gasteiger partial charge in [0.15, 0.2) is 17.1 Å². The highest BCUT2D eigenvalue weighted by molar-refractivity contribution is 6.72. The summed E-state index contributed by atoms with van der Waals surface area (Å²) in [4.78, 5) is 65.6. The lowest BCUT2D eigenvalue weighted by Gasteiger charge is -2.32. The third-order valence-corrected chi connectivity index (χ3v) is 16.7. The predicted octanol–water partition coefficient (Wildman–Crippen LogP) is 10.6. The summed E-state index contributed by atoms with van der Waals surface area (Å²) >= 11 is 0. The maximum atomic E-state index is 17.1. The Morgan fingerprint density at radius 1 is 0.721 bits per heavy atom. The van der Waals surface area contributed by atoms with Crippen LogP contribution in [0.2, 0.25) is 18.6 Å². The Bertz CT molecular complexity index is 3050. The lowest BCUT2D eigenvalue weighted by Crippen LogP contribution is -2.45. The lowest BCUT2D eigenvalue weighted by atomic mass is 9.82. The van der Waals surface area contributed by atoms with E-state index in [9.17, 15) is 19.5 Å². The Morgan fingerprint density at radius 3 is 1.90 bits per heavy atom. The Balaban J connectivity index is 1.03. The Morgan fingerprint density at radius 2 is 1.29 bits per heavy atom. The number of amides is 4. The van der Waals surface area contributed by atoms with E-state index in [0.717, 1.165) is 6.42 Å². The number of aliphatic hydroxyl groups excluding tert-OH is 1. The normalized spacial score (nSPS) is 22.8. The van der Waals surface area contributed by atoms with E-state index in [1.165, 1.54) is 0 Å². The number of hydrogen-bond acceptors (Lipinski definition) is 8. The van der Waals surface area contributed by atoms with Gasteiger partial charge in [-0.15, -0.1) is 0 Å². The number of carbonyl (C=O) groups is 4. The Kier molecular flexibility index (Phi) is 10.6. The van der Waals surface area contributed by atoms with Gasteiger partial charge in [0.25, 0.3) is 17.7 Å². The quantitative estimate of drug-likeness (QED) is 0.118. The first-order valence-corrected chi connectivity index (χ1v) is 26.1. The zero-order valence-electron chi connectivity index (χ0n) is 37.8. The molecular formula is C54H49FN4O8Si. The molecule has 5 aliphatic rings. The smallest absolute Gasteiger partial charge is 0.266 e. The van der Waals surface area contributed by atoms with Gasteiger partial charge >= 0.3 is 0 Å². The van der Waals surface area contributed by atoms with Crippen LogP contribution in [-0.2, 0) is 26.5 Å². The number of carbonyl (C=O) groups excluding carboxylic acids is 4. The largest absolute Gasteiger partial charge is 0.454 e. The molecular weight excluding hydrogens is 880 g/mol. The lowest BCUT2D eigenvalue weighted by molar-refractivity contribution is -0.150. The monoisotopic (exact) mass is 928 g/mol. The van der Waals surface area contributed by atoms with E-state index in [0.29, 0.717) is 86.7 Å². The summed E-state index contributed by atoms with van der Waals surface area (Å²) in [7, 11) is -3.71. The molecule has 14 heteroatoms. The number of hydrogen-bond donors (Lipinski definition) is 1. The summed E-state index contributed by atoms with van der Waals surface area (Å²) in [5, 5.41) is 10.1. The molecule has 344 valence electrons. The molecule has 5 heterocycles. The van der Waals surface area contributed by atoms with E-state index < -0.39 is 37.5 Å². The van der Waals surface area contributed by atoms with Crippen molar-refractivity contribution < 1.29 is 42.6 Å². The maximum Gasteiger partial charge on any atom is 0.266 e. The zero-order chi connectivity index (χ0) is 47.1. The molecule has 6 aromatic rings. The molecule has 0 bridgehead atoms. The topological polar surface area (TPSA) is 129 Å². The fourth-order valence-electron chi connectivity index (χ4n) is 11.3. The maximum absolute atomic E-state index is 17.1. The van der Waals surface area contributed by atoms with Crippen molar-refractivity contribution in [3.8, 4) is 23.0 Å². The first-order valence-electron chi connectivity index (χ1n) is 23.1. The molecule has 5 aliphatic heterocycles. The number of rotatable bonds is 8. The molecule has 0 unspecified atom stereocenters. The standard InChI is InChI=1S/C54H49FN4O8Si/c1-33-50(68(2,3)55)48(30-49(61)56-27-13-16-37(56)32-60)67-54(33)40-29-36(59-43-20-7-11-24-47(43)66-45-22-9-5-18-39(45)52(59)63)25-26-41(40)57(53(54)64)31-34-14-12-15-35(28-34)58-42-19-6-10-23-46(42)65-44-21-8-4-17-38(44)51(58)62/h4-12,14-15,17-26,28-29,33,37,48,50,60H,13,16,27,30-32H2,1-3H3/t33-,37-,48+,50-,54+/m0/s1. The van der Waals surface area contributed by atoms with Crippen LogP contribution in [-0.4, -0.2) is 67.3 Å². The number of benzene rings is 6. The van der Waals surface area contributed by atoms with E-state index >= 15 is 8.90 Å². The van der Waals surface area contributed by atoms with Gasteiger partial charge in [0.1, 0.15) is 11.5 Å². The number of likely N-dealkylation sites (tertiary alicyclic amines) is 1. The van der Waals surface area contributed by atoms with Crippen LogP contribution in [0, 0.1) is 5.92 Å². The molecule has 6 aromatic carbocycles. The number of aliphatic hydroxyl groups is 1. The molecule has 0 aromatic heterocycles. The van der Waals surface area contributed by atoms with Crippen molar-refractivity contribution >= 4 is 60.5 Å². The molecule has 0 saturated carbocycles. The molecule has 0 aliphatic carbocycles. The molecule has 4 amide bonds. The average molecular weight is 929 g/mol. The SMILES string of the molecule is C[C@H]1[C@H]([Si](C)(C)F)[C@@H](CC(=O)N2CCC[C@H]2CO)O[C@]12C(=O)N(Cc1cccc(N3C(=O)c4ccccc4Oc4ccccc43)c1)c1ccc(N3C(=O)c4ccccc4Oc4ccccc43)cc12. The van der Waals surface area contributed by atoms with Crippen molar-refractivity contribution in [2.24, 2.45) is 5.92 Å². The van der Waals surface area contributed by atoms with E-state index in [2.05, 4.69) is 0 Å². The summed E-state index contributed by atoms with van der Waals surface area (Å²) in [6, 6.07) is 41.2. The second-order valence-corrected chi connectivity index (χ2v) is 22.5. The second-order valence-electron chi connectivity index (χ2n) is 18.7.